The first-order valence-corrected chi connectivity index (χ1v) is 6.98. The molecule has 1 aliphatic carbocycles. The van der Waals surface area contributed by atoms with Crippen LogP contribution in [0.25, 0.3) is 0 Å². The van der Waals surface area contributed by atoms with Crippen molar-refractivity contribution in [3.8, 4) is 5.75 Å². The van der Waals surface area contributed by atoms with Crippen LogP contribution in [0.4, 0.5) is 8.78 Å². The standard InChI is InChI=1S/C15H20F2N2O2.ClH/c1-18-7-8-19(2)14(20)12-9-11(12)10-5-3-4-6-13(10)21-15(16)17;/h3-6,11-12,15,18H,7-9H2,1-2H3;1H. The SMILES string of the molecule is CNCCN(C)C(=O)C1CC1c1ccccc1OC(F)F.Cl. The van der Waals surface area contributed by atoms with Gasteiger partial charge in [0.15, 0.2) is 0 Å². The zero-order chi connectivity index (χ0) is 15.4. The number of likely N-dealkylation sites (N-methyl/N-ethyl adjacent to an activating group) is 2. The number of nitrogens with one attached hydrogen (secondary N) is 1. The molecule has 1 N–H and O–H groups in total. The van der Waals surface area contributed by atoms with Crippen LogP contribution in [-0.4, -0.2) is 44.6 Å². The minimum atomic E-state index is -2.85. The Bertz CT molecular complexity index is 502. The van der Waals surface area contributed by atoms with E-state index < -0.39 is 6.61 Å². The smallest absolute Gasteiger partial charge is 0.387 e. The normalized spacial score (nSPS) is 19.5. The van der Waals surface area contributed by atoms with Gasteiger partial charge in [-0.3, -0.25) is 4.79 Å². The number of nitrogens with zero attached hydrogens (tertiary/aromatic N) is 1. The summed E-state index contributed by atoms with van der Waals surface area (Å²) in [4.78, 5) is 13.9. The van der Waals surface area contributed by atoms with Crippen molar-refractivity contribution in [3.63, 3.8) is 0 Å². The highest BCUT2D eigenvalue weighted by molar-refractivity contribution is 5.85. The highest BCUT2D eigenvalue weighted by Gasteiger charge is 2.46. The Labute approximate surface area is 135 Å². The second-order valence-corrected chi connectivity index (χ2v) is 5.23. The summed E-state index contributed by atoms with van der Waals surface area (Å²) in [7, 11) is 3.59. The zero-order valence-corrected chi connectivity index (χ0v) is 13.4. The maximum Gasteiger partial charge on any atom is 0.387 e. The molecule has 22 heavy (non-hydrogen) atoms. The molecule has 0 aliphatic heterocycles. The van der Waals surface area contributed by atoms with Gasteiger partial charge < -0.3 is 15.0 Å². The van der Waals surface area contributed by atoms with Crippen LogP contribution < -0.4 is 10.1 Å². The van der Waals surface area contributed by atoms with Crippen LogP contribution in [-0.2, 0) is 4.79 Å². The van der Waals surface area contributed by atoms with E-state index in [1.165, 1.54) is 6.07 Å². The molecule has 2 unspecified atom stereocenters. The molecule has 7 heteroatoms. The van der Waals surface area contributed by atoms with E-state index in [9.17, 15) is 13.6 Å². The predicted octanol–water partition coefficient (Wildman–Crippen LogP) is 2.49. The zero-order valence-electron chi connectivity index (χ0n) is 12.6. The Balaban J connectivity index is 0.00000242. The molecule has 0 aromatic heterocycles. The Hall–Kier alpha value is -1.40. The van der Waals surface area contributed by atoms with Gasteiger partial charge in [0, 0.05) is 26.1 Å². The van der Waals surface area contributed by atoms with Crippen molar-refractivity contribution < 1.29 is 18.3 Å². The van der Waals surface area contributed by atoms with Gasteiger partial charge in [0.1, 0.15) is 5.75 Å². The van der Waals surface area contributed by atoms with Crippen molar-refractivity contribution in [2.24, 2.45) is 5.92 Å². The molecule has 0 saturated heterocycles. The maximum absolute atomic E-state index is 12.4. The highest BCUT2D eigenvalue weighted by atomic mass is 35.5. The molecule has 0 heterocycles. The summed E-state index contributed by atoms with van der Waals surface area (Å²) in [5.41, 5.74) is 0.693. The number of benzene rings is 1. The largest absolute Gasteiger partial charge is 0.435 e. The minimum Gasteiger partial charge on any atom is -0.435 e. The average Bonchev–Trinajstić information content (AvgIpc) is 3.24. The van der Waals surface area contributed by atoms with Crippen molar-refractivity contribution >= 4 is 18.3 Å². The van der Waals surface area contributed by atoms with E-state index >= 15 is 0 Å². The van der Waals surface area contributed by atoms with Crippen molar-refractivity contribution in [2.45, 2.75) is 19.0 Å². The lowest BCUT2D eigenvalue weighted by Gasteiger charge is -2.17. The van der Waals surface area contributed by atoms with E-state index in [-0.39, 0.29) is 35.9 Å². The third-order valence-electron chi connectivity index (χ3n) is 3.72. The van der Waals surface area contributed by atoms with Gasteiger partial charge >= 0.3 is 6.61 Å². The quantitative estimate of drug-likeness (QED) is 0.833. The number of halogens is 3. The fourth-order valence-electron chi connectivity index (χ4n) is 2.47. The van der Waals surface area contributed by atoms with Crippen LogP contribution in [0.5, 0.6) is 5.75 Å². The van der Waals surface area contributed by atoms with Gasteiger partial charge in [0.25, 0.3) is 0 Å². The predicted molar refractivity (Wildman–Crippen MR) is 82.7 cm³/mol. The first-order chi connectivity index (χ1) is 10.0. The van der Waals surface area contributed by atoms with Crippen molar-refractivity contribution in [2.75, 3.05) is 27.2 Å². The van der Waals surface area contributed by atoms with Gasteiger partial charge in [-0.15, -0.1) is 12.4 Å². The minimum absolute atomic E-state index is 0. The molecular weight excluding hydrogens is 314 g/mol. The van der Waals surface area contributed by atoms with E-state index in [1.54, 1.807) is 30.1 Å². The monoisotopic (exact) mass is 334 g/mol. The van der Waals surface area contributed by atoms with Crippen LogP contribution >= 0.6 is 12.4 Å². The number of rotatable bonds is 7. The van der Waals surface area contributed by atoms with E-state index in [0.29, 0.717) is 18.5 Å². The molecule has 0 spiro atoms. The lowest BCUT2D eigenvalue weighted by Crippen LogP contribution is -2.34. The first-order valence-electron chi connectivity index (χ1n) is 6.98. The lowest BCUT2D eigenvalue weighted by atomic mass is 10.1. The summed E-state index contributed by atoms with van der Waals surface area (Å²) in [5.74, 6) is 0.0755. The Morgan fingerprint density at radius 1 is 1.45 bits per heavy atom. The fourth-order valence-corrected chi connectivity index (χ4v) is 2.47. The van der Waals surface area contributed by atoms with Crippen LogP contribution in [0, 0.1) is 5.92 Å². The number of carbonyl (C=O) groups is 1. The molecule has 0 radical (unpaired) electrons. The number of ether oxygens (including phenoxy) is 1. The van der Waals surface area contributed by atoms with E-state index in [1.807, 2.05) is 7.05 Å². The number of alkyl halides is 2. The van der Waals surface area contributed by atoms with Gasteiger partial charge in [0.2, 0.25) is 5.91 Å². The molecular formula is C15H21ClF2N2O2. The molecule has 1 fully saturated rings. The number of para-hydroxylation sites is 1. The van der Waals surface area contributed by atoms with Crippen LogP contribution in [0.1, 0.15) is 17.9 Å². The number of amides is 1. The topological polar surface area (TPSA) is 41.6 Å². The molecule has 2 rings (SSSR count). The summed E-state index contributed by atoms with van der Waals surface area (Å²) in [6, 6.07) is 6.70. The van der Waals surface area contributed by atoms with Crippen LogP contribution in [0.3, 0.4) is 0 Å². The van der Waals surface area contributed by atoms with Crippen molar-refractivity contribution in [1.82, 2.24) is 10.2 Å². The molecule has 124 valence electrons. The molecule has 1 saturated carbocycles. The Morgan fingerprint density at radius 2 is 2.14 bits per heavy atom. The summed E-state index contributed by atoms with van der Waals surface area (Å²) in [6.45, 7) is -1.49. The first kappa shape index (κ1) is 18.6. The Kier molecular flexibility index (Phi) is 7.03. The average molecular weight is 335 g/mol. The summed E-state index contributed by atoms with van der Waals surface area (Å²) in [6.07, 6.45) is 0.687. The summed E-state index contributed by atoms with van der Waals surface area (Å²) >= 11 is 0. The molecule has 0 bridgehead atoms. The van der Waals surface area contributed by atoms with Gasteiger partial charge in [-0.2, -0.15) is 8.78 Å². The van der Waals surface area contributed by atoms with Gasteiger partial charge in [-0.25, -0.2) is 0 Å². The molecule has 1 amide bonds. The molecule has 1 aromatic rings. The van der Waals surface area contributed by atoms with Gasteiger partial charge in [-0.1, -0.05) is 18.2 Å². The summed E-state index contributed by atoms with van der Waals surface area (Å²) in [5, 5.41) is 2.99. The number of carbonyl (C=O) groups excluding carboxylic acids is 1. The van der Waals surface area contributed by atoms with E-state index in [2.05, 4.69) is 10.1 Å². The third kappa shape index (κ3) is 4.55. The maximum atomic E-state index is 12.4. The van der Waals surface area contributed by atoms with Gasteiger partial charge in [-0.05, 0) is 31.0 Å². The fraction of sp³-hybridized carbons (Fsp3) is 0.533. The highest BCUT2D eigenvalue weighted by Crippen LogP contribution is 2.51. The van der Waals surface area contributed by atoms with E-state index in [4.69, 9.17) is 0 Å². The van der Waals surface area contributed by atoms with E-state index in [0.717, 1.165) is 6.54 Å². The molecule has 1 aromatic carbocycles. The molecule has 1 aliphatic rings. The second-order valence-electron chi connectivity index (χ2n) is 5.23. The summed E-state index contributed by atoms with van der Waals surface area (Å²) < 4.78 is 29.3. The lowest BCUT2D eigenvalue weighted by molar-refractivity contribution is -0.131. The number of hydrogen-bond acceptors (Lipinski definition) is 3. The van der Waals surface area contributed by atoms with Gasteiger partial charge in [0.05, 0.1) is 0 Å². The van der Waals surface area contributed by atoms with Crippen molar-refractivity contribution in [3.05, 3.63) is 29.8 Å². The van der Waals surface area contributed by atoms with Crippen LogP contribution in [0.2, 0.25) is 0 Å². The molecule has 2 atom stereocenters. The number of hydrogen-bond donors (Lipinski definition) is 1. The van der Waals surface area contributed by atoms with Crippen molar-refractivity contribution in [1.29, 1.82) is 0 Å². The second kappa shape index (κ2) is 8.29. The molecule has 4 nitrogen and oxygen atoms in total. The third-order valence-corrected chi connectivity index (χ3v) is 3.72. The Morgan fingerprint density at radius 3 is 2.77 bits per heavy atom. The van der Waals surface area contributed by atoms with Crippen LogP contribution in [0.15, 0.2) is 24.3 Å².